The van der Waals surface area contributed by atoms with Gasteiger partial charge in [-0.15, -0.1) is 0 Å². The highest BCUT2D eigenvalue weighted by molar-refractivity contribution is 14.1. The number of halogens is 3. The van der Waals surface area contributed by atoms with Crippen molar-refractivity contribution in [2.24, 2.45) is 17.2 Å². The molecule has 109 heavy (non-hydrogen) atoms. The highest BCUT2D eigenvalue weighted by Gasteiger charge is 2.42. The number of amides is 2. The number of ether oxygens (including phenoxy) is 6. The Morgan fingerprint density at radius 3 is 0.872 bits per heavy atom. The van der Waals surface area contributed by atoms with Crippen LogP contribution in [-0.4, -0.2) is 121 Å². The molecule has 2 amide bonds. The number of benzene rings is 3. The van der Waals surface area contributed by atoms with Crippen LogP contribution >= 0.6 is 103 Å². The first-order valence-electron chi connectivity index (χ1n) is 32.9. The van der Waals surface area contributed by atoms with Crippen molar-refractivity contribution >= 4 is 134 Å². The van der Waals surface area contributed by atoms with Crippen LogP contribution < -0.4 is 17.2 Å². The van der Waals surface area contributed by atoms with Crippen LogP contribution in [0, 0.1) is 120 Å². The van der Waals surface area contributed by atoms with E-state index in [0.717, 1.165) is 74.0 Å². The first-order valence-corrected chi connectivity index (χ1v) is 39.1. The third kappa shape index (κ3) is 23.7. The number of hydrogen-bond donors (Lipinski definition) is 3. The fourth-order valence-corrected chi connectivity index (χ4v) is 15.9. The summed E-state index contributed by atoms with van der Waals surface area (Å²) < 4.78 is 36.0. The van der Waals surface area contributed by atoms with Crippen molar-refractivity contribution in [2.75, 3.05) is 65.3 Å². The summed E-state index contributed by atoms with van der Waals surface area (Å²) in [5.41, 5.74) is 28.0. The third-order valence-electron chi connectivity index (χ3n) is 15.3. The summed E-state index contributed by atoms with van der Waals surface area (Å²) in [6, 6.07) is 40.8. The van der Waals surface area contributed by atoms with Crippen LogP contribution in [0.15, 0.2) is 174 Å². The normalized spacial score (nSPS) is 14.7. The lowest BCUT2D eigenvalue weighted by atomic mass is 9.83. The van der Waals surface area contributed by atoms with Crippen LogP contribution in [0.2, 0.25) is 0 Å². The lowest BCUT2D eigenvalue weighted by molar-refractivity contribution is -0.140. The maximum atomic E-state index is 13.1. The topological polar surface area (TPSA) is 407 Å². The van der Waals surface area contributed by atoms with Crippen molar-refractivity contribution in [3.8, 4) is 36.4 Å². The van der Waals surface area contributed by atoms with Crippen LogP contribution in [0.25, 0.3) is 0 Å². The molecule has 0 fully saturated rings. The highest BCUT2D eigenvalue weighted by atomic mass is 127. The second-order valence-electron chi connectivity index (χ2n) is 23.6. The van der Waals surface area contributed by atoms with E-state index >= 15 is 0 Å². The van der Waals surface area contributed by atoms with E-state index in [1.165, 1.54) is 45.1 Å². The zero-order valence-electron chi connectivity index (χ0n) is 61.8. The summed E-state index contributed by atoms with van der Waals surface area (Å²) in [6.07, 6.45) is 1.50. The highest BCUT2D eigenvalue weighted by Crippen LogP contribution is 2.46. The standard InChI is InChI=1S/3C24H21IN4O3S.2C3H7NO/c3*1-4-31-24(30)21-19(12-33-23-16(10-26)13(2)9-14(3)29-23)32-22(28)17(11-27)20(21)15-7-5-6-8-18(15)25;2*1-4(2)3-5/h3*5-9,20H,4,12,28H2,1-3H3;2*3H,1-2H3. The molecule has 6 aromatic rings. The van der Waals surface area contributed by atoms with Crippen LogP contribution in [0.1, 0.15) is 106 Å². The first-order chi connectivity index (χ1) is 52.0. The second kappa shape index (κ2) is 43.8. The Bertz CT molecular complexity index is 4460. The minimum atomic E-state index is -0.728. The number of carbonyl (C=O) groups excluding carboxylic acids is 5. The number of rotatable bonds is 20. The largest absolute Gasteiger partial charge is 0.463 e. The molecule has 9 rings (SSSR count). The number of pyridine rings is 3. The number of thioether (sulfide) groups is 3. The Morgan fingerprint density at radius 1 is 0.450 bits per heavy atom. The Balaban J connectivity index is 0.000000275. The molecule has 564 valence electrons. The van der Waals surface area contributed by atoms with E-state index < -0.39 is 35.7 Å². The molecule has 0 saturated heterocycles. The minimum absolute atomic E-state index is 0.0558. The zero-order chi connectivity index (χ0) is 80.9. The summed E-state index contributed by atoms with van der Waals surface area (Å²) in [5, 5.41) is 59.9. The summed E-state index contributed by atoms with van der Waals surface area (Å²) in [6.45, 7) is 16.8. The molecule has 0 saturated carbocycles. The van der Waals surface area contributed by atoms with E-state index in [9.17, 15) is 55.5 Å². The molecular weight excluding hydrogens is 1790 g/mol. The molecule has 0 bridgehead atoms. The predicted octanol–water partition coefficient (Wildman–Crippen LogP) is 13.2. The average molecular weight is 1860 g/mol. The van der Waals surface area contributed by atoms with E-state index in [2.05, 4.69) is 119 Å². The van der Waals surface area contributed by atoms with Gasteiger partial charge in [-0.2, -0.15) is 31.6 Å². The van der Waals surface area contributed by atoms with Gasteiger partial charge < -0.3 is 55.4 Å². The molecule has 31 heteroatoms. The number of nitriles is 6. The Morgan fingerprint density at radius 2 is 0.679 bits per heavy atom. The zero-order valence-corrected chi connectivity index (χ0v) is 70.7. The maximum Gasteiger partial charge on any atom is 0.338 e. The summed E-state index contributed by atoms with van der Waals surface area (Å²) in [4.78, 5) is 74.5. The van der Waals surface area contributed by atoms with Crippen LogP contribution in [0.4, 0.5) is 0 Å². The molecule has 3 aromatic heterocycles. The molecule has 3 unspecified atom stereocenters. The number of aromatic nitrogens is 3. The van der Waals surface area contributed by atoms with Gasteiger partial charge >= 0.3 is 17.9 Å². The lowest BCUT2D eigenvalue weighted by Gasteiger charge is -2.28. The minimum Gasteiger partial charge on any atom is -0.463 e. The number of nitrogens with two attached hydrogens (primary N) is 3. The van der Waals surface area contributed by atoms with Crippen molar-refractivity contribution in [1.82, 2.24) is 24.8 Å². The number of aryl methyl sites for hydroxylation is 6. The molecule has 25 nitrogen and oxygen atoms in total. The van der Waals surface area contributed by atoms with E-state index in [0.29, 0.717) is 31.8 Å². The molecule has 0 aliphatic carbocycles. The Kier molecular flexibility index (Phi) is 35.9. The van der Waals surface area contributed by atoms with Crippen molar-refractivity contribution in [3.63, 3.8) is 0 Å². The van der Waals surface area contributed by atoms with Crippen molar-refractivity contribution < 1.29 is 52.4 Å². The molecule has 3 aliphatic heterocycles. The molecule has 0 spiro atoms. The summed E-state index contributed by atoms with van der Waals surface area (Å²) >= 11 is 10.3. The van der Waals surface area contributed by atoms with Gasteiger partial charge in [0.15, 0.2) is 0 Å². The van der Waals surface area contributed by atoms with Crippen molar-refractivity contribution in [1.29, 1.82) is 31.6 Å². The van der Waals surface area contributed by atoms with Gasteiger partial charge in [0.1, 0.15) is 85.5 Å². The van der Waals surface area contributed by atoms with Gasteiger partial charge in [0, 0.05) is 56.0 Å². The second-order valence-corrected chi connectivity index (χ2v) is 30.0. The van der Waals surface area contributed by atoms with Gasteiger partial charge in [-0.1, -0.05) is 89.9 Å². The van der Waals surface area contributed by atoms with Crippen LogP contribution in [-0.2, 0) is 52.4 Å². The van der Waals surface area contributed by atoms with E-state index in [1.54, 1.807) is 49.0 Å². The third-order valence-corrected chi connectivity index (χ3v) is 21.2. The molecule has 3 aromatic carbocycles. The van der Waals surface area contributed by atoms with Gasteiger partial charge in [-0.05, 0) is 200 Å². The molecule has 3 atom stereocenters. The van der Waals surface area contributed by atoms with Crippen LogP contribution in [0.3, 0.4) is 0 Å². The molecular formula is C78H77I3N14O11S3. The molecule has 6 N–H and O–H groups in total. The van der Waals surface area contributed by atoms with E-state index in [1.807, 2.05) is 133 Å². The monoisotopic (exact) mass is 1860 g/mol. The number of carbonyl (C=O) groups is 5. The fraction of sp³-hybridized carbons (Fsp3) is 0.282. The van der Waals surface area contributed by atoms with Crippen molar-refractivity contribution in [3.05, 3.63) is 237 Å². The number of esters is 3. The first kappa shape index (κ1) is 89.5. The smallest absolute Gasteiger partial charge is 0.338 e. The summed E-state index contributed by atoms with van der Waals surface area (Å²) in [7, 11) is 6.75. The van der Waals surface area contributed by atoms with Gasteiger partial charge in [-0.3, -0.25) is 9.59 Å². The van der Waals surface area contributed by atoms with Crippen LogP contribution in [0.5, 0.6) is 0 Å². The maximum absolute atomic E-state index is 13.1. The van der Waals surface area contributed by atoms with Gasteiger partial charge in [0.05, 0.1) is 88.2 Å². The fourth-order valence-electron chi connectivity index (χ4n) is 10.7. The summed E-state index contributed by atoms with van der Waals surface area (Å²) in [5.74, 6) is -2.70. The quantitative estimate of drug-likeness (QED) is 0.0210. The lowest BCUT2D eigenvalue weighted by Crippen LogP contribution is -2.27. The Labute approximate surface area is 687 Å². The number of nitrogens with zero attached hydrogens (tertiary/aromatic N) is 11. The Hall–Kier alpha value is -10.1. The molecule has 3 aliphatic rings. The van der Waals surface area contributed by atoms with E-state index in [4.69, 9.17) is 45.6 Å². The predicted molar refractivity (Wildman–Crippen MR) is 437 cm³/mol. The van der Waals surface area contributed by atoms with Gasteiger partial charge in [-0.25, -0.2) is 29.3 Å². The van der Waals surface area contributed by atoms with E-state index in [-0.39, 0.29) is 105 Å². The number of allylic oxidation sites excluding steroid dienone is 3. The van der Waals surface area contributed by atoms with Gasteiger partial charge in [0.25, 0.3) is 0 Å². The van der Waals surface area contributed by atoms with Gasteiger partial charge in [0.2, 0.25) is 30.5 Å². The SMILES string of the molecule is CCOC(=O)C1=C(CSc2nc(C)cc(C)c2C#N)OC(N)=C(C#N)C1c1ccccc1I.CCOC(=O)C1=C(CSc2nc(C)cc(C)c2C#N)OC(N)=C(C#N)C1c1ccccc1I.CCOC(=O)C1=C(CSc2nc(C)cc(C)c2C#N)OC(N)=C(C#N)C1c1ccccc1I.CN(C)C=O.CN(C)C=O. The molecule has 6 heterocycles. The molecule has 0 radical (unpaired) electrons. The van der Waals surface area contributed by atoms with Crippen molar-refractivity contribution in [2.45, 2.75) is 95.1 Å². The number of hydrogen-bond acceptors (Lipinski definition) is 26. The average Bonchev–Trinajstić information content (AvgIpc) is 0.775.